The van der Waals surface area contributed by atoms with E-state index in [0.29, 0.717) is 0 Å². The van der Waals surface area contributed by atoms with Gasteiger partial charge >= 0.3 is 6.92 Å². The molecule has 2 aliphatic heterocycles. The van der Waals surface area contributed by atoms with Gasteiger partial charge in [0.1, 0.15) is 17.2 Å². The van der Waals surface area contributed by atoms with Gasteiger partial charge < -0.3 is 14.0 Å². The number of hydrogen-bond donors (Lipinski definition) is 0. The van der Waals surface area contributed by atoms with Crippen molar-refractivity contribution in [3.8, 4) is 67.4 Å². The molecular formula is C48H30BNO2. The van der Waals surface area contributed by atoms with E-state index in [2.05, 4.69) is 187 Å². The first kappa shape index (κ1) is 29.0. The molecule has 8 aromatic carbocycles. The second-order valence-electron chi connectivity index (χ2n) is 13.6. The minimum atomic E-state index is -0.300. The molecule has 3 nitrogen and oxygen atoms in total. The van der Waals surface area contributed by atoms with E-state index in [4.69, 9.17) is 9.39 Å². The highest BCUT2D eigenvalue weighted by Crippen LogP contribution is 2.42. The van der Waals surface area contributed by atoms with Crippen molar-refractivity contribution in [2.24, 2.45) is 0 Å². The van der Waals surface area contributed by atoms with Gasteiger partial charge in [0.25, 0.3) is 0 Å². The minimum absolute atomic E-state index is 0.300. The van der Waals surface area contributed by atoms with Crippen molar-refractivity contribution >= 4 is 39.6 Å². The predicted octanol–water partition coefficient (Wildman–Crippen LogP) is 11.1. The average Bonchev–Trinajstić information content (AvgIpc) is 3.55. The fraction of sp³-hybridized carbons (Fsp3) is 0. The Labute approximate surface area is 302 Å². The van der Waals surface area contributed by atoms with Gasteiger partial charge in [0.15, 0.2) is 0 Å². The molecule has 0 atom stereocenters. The Kier molecular flexibility index (Phi) is 6.35. The monoisotopic (exact) mass is 663 g/mol. The lowest BCUT2D eigenvalue weighted by atomic mass is 9.50. The number of para-hydroxylation sites is 2. The molecule has 0 bridgehead atoms. The van der Waals surface area contributed by atoms with Crippen molar-refractivity contribution in [1.29, 1.82) is 0 Å². The van der Waals surface area contributed by atoms with Crippen molar-refractivity contribution < 1.29 is 9.39 Å². The van der Waals surface area contributed by atoms with Crippen LogP contribution in [0.15, 0.2) is 182 Å². The van der Waals surface area contributed by atoms with Gasteiger partial charge in [-0.15, -0.1) is 0 Å². The first-order valence-corrected chi connectivity index (χ1v) is 17.8. The van der Waals surface area contributed by atoms with Gasteiger partial charge in [0.05, 0.1) is 11.0 Å². The van der Waals surface area contributed by atoms with E-state index in [1.807, 2.05) is 0 Å². The summed E-state index contributed by atoms with van der Waals surface area (Å²) in [6.07, 6.45) is 0. The maximum atomic E-state index is 7.07. The number of aromatic nitrogens is 1. The molecule has 0 N–H and O–H groups in total. The highest BCUT2D eigenvalue weighted by atomic mass is 16.5. The van der Waals surface area contributed by atoms with Gasteiger partial charge in [-0.05, 0) is 81.4 Å². The van der Waals surface area contributed by atoms with Crippen LogP contribution in [0.1, 0.15) is 0 Å². The van der Waals surface area contributed by atoms with Gasteiger partial charge in [-0.2, -0.15) is 0 Å². The molecule has 242 valence electrons. The molecule has 0 radical (unpaired) electrons. The summed E-state index contributed by atoms with van der Waals surface area (Å²) in [7, 11) is 0. The van der Waals surface area contributed by atoms with Gasteiger partial charge in [0.2, 0.25) is 0 Å². The summed E-state index contributed by atoms with van der Waals surface area (Å²) in [5.41, 5.74) is 14.8. The van der Waals surface area contributed by atoms with Crippen molar-refractivity contribution in [1.82, 2.24) is 4.57 Å². The second kappa shape index (κ2) is 11.4. The number of fused-ring (bicyclic) bond motifs is 7. The number of ether oxygens (including phenoxy) is 1. The quantitative estimate of drug-likeness (QED) is 0.175. The molecule has 0 amide bonds. The fourth-order valence-corrected chi connectivity index (χ4v) is 8.33. The molecule has 9 aromatic rings. The molecular weight excluding hydrogens is 633 g/mol. The molecule has 0 spiro atoms. The molecule has 4 heteroatoms. The first-order chi connectivity index (χ1) is 25.8. The van der Waals surface area contributed by atoms with Gasteiger partial charge in [-0.25, -0.2) is 0 Å². The molecule has 0 unspecified atom stereocenters. The third-order valence-electron chi connectivity index (χ3n) is 10.7. The summed E-state index contributed by atoms with van der Waals surface area (Å²) < 4.78 is 16.0. The van der Waals surface area contributed by atoms with Crippen LogP contribution in [0.3, 0.4) is 0 Å². The zero-order valence-electron chi connectivity index (χ0n) is 28.2. The van der Waals surface area contributed by atoms with Crippen LogP contribution in [0.5, 0.6) is 17.2 Å². The lowest BCUT2D eigenvalue weighted by Crippen LogP contribution is -2.53. The Bertz CT molecular complexity index is 2820. The SMILES string of the molecule is c1ccc(-c2ccccc2-c2ccc3c(c2)B2Oc4cc(-c5cccc(-n6c7ccccc7c7ccccc76)c5)ccc4-c4cccc(c42)O3)cc1. The van der Waals surface area contributed by atoms with Crippen LogP contribution in [0.2, 0.25) is 0 Å². The number of hydrogen-bond acceptors (Lipinski definition) is 2. The first-order valence-electron chi connectivity index (χ1n) is 17.8. The fourth-order valence-electron chi connectivity index (χ4n) is 8.33. The van der Waals surface area contributed by atoms with E-state index in [1.54, 1.807) is 0 Å². The van der Waals surface area contributed by atoms with Gasteiger partial charge in [-0.1, -0.05) is 140 Å². The Balaban J connectivity index is 1.02. The van der Waals surface area contributed by atoms with E-state index >= 15 is 0 Å². The summed E-state index contributed by atoms with van der Waals surface area (Å²) in [4.78, 5) is 0. The lowest BCUT2D eigenvalue weighted by molar-refractivity contribution is 0.479. The molecule has 0 aliphatic carbocycles. The second-order valence-corrected chi connectivity index (χ2v) is 13.6. The van der Waals surface area contributed by atoms with Gasteiger partial charge in [0, 0.05) is 32.9 Å². The molecule has 52 heavy (non-hydrogen) atoms. The molecule has 0 fully saturated rings. The maximum Gasteiger partial charge on any atom is 0.434 e. The molecule has 0 saturated heterocycles. The summed E-state index contributed by atoms with van der Waals surface area (Å²) in [6.45, 7) is -0.300. The standard InChI is InChI=1S/C48H30BNO2/c1-2-12-31(13-3-1)36-16-4-5-17-37(36)34-25-27-45-42(29-34)49-48-41(20-11-23-46(48)51-45)40-26-24-33(30-47(40)52-49)32-14-10-15-35(28-32)50-43-21-8-6-18-38(43)39-19-7-9-22-44(39)50/h1-30H. The largest absolute Gasteiger partial charge is 0.551 e. The molecule has 2 aliphatic rings. The zero-order valence-corrected chi connectivity index (χ0v) is 28.2. The van der Waals surface area contributed by atoms with Crippen LogP contribution < -0.4 is 20.3 Å². The Morgan fingerprint density at radius 2 is 1.02 bits per heavy atom. The normalized spacial score (nSPS) is 12.5. The topological polar surface area (TPSA) is 23.4 Å². The zero-order chi connectivity index (χ0) is 34.2. The highest BCUT2D eigenvalue weighted by molar-refractivity contribution is 6.84. The van der Waals surface area contributed by atoms with Crippen LogP contribution in [0, 0.1) is 0 Å². The van der Waals surface area contributed by atoms with Crippen LogP contribution in [0.25, 0.3) is 72.0 Å². The number of rotatable bonds is 4. The van der Waals surface area contributed by atoms with Crippen LogP contribution in [0.4, 0.5) is 0 Å². The van der Waals surface area contributed by atoms with E-state index in [0.717, 1.165) is 61.7 Å². The highest BCUT2D eigenvalue weighted by Gasteiger charge is 2.40. The van der Waals surface area contributed by atoms with Crippen molar-refractivity contribution in [3.05, 3.63) is 182 Å². The van der Waals surface area contributed by atoms with Crippen LogP contribution in [-0.4, -0.2) is 11.5 Å². The van der Waals surface area contributed by atoms with E-state index in [-0.39, 0.29) is 6.92 Å². The Hall–Kier alpha value is -6.78. The van der Waals surface area contributed by atoms with Crippen molar-refractivity contribution in [3.63, 3.8) is 0 Å². The number of benzene rings is 8. The molecule has 0 saturated carbocycles. The number of nitrogens with zero attached hydrogens (tertiary/aromatic N) is 1. The summed E-state index contributed by atoms with van der Waals surface area (Å²) in [6, 6.07) is 64.8. The Morgan fingerprint density at radius 3 is 1.83 bits per heavy atom. The summed E-state index contributed by atoms with van der Waals surface area (Å²) in [5, 5.41) is 2.51. The van der Waals surface area contributed by atoms with Crippen LogP contribution >= 0.6 is 0 Å². The average molecular weight is 664 g/mol. The molecule has 11 rings (SSSR count). The molecule has 1 aromatic heterocycles. The van der Waals surface area contributed by atoms with Crippen molar-refractivity contribution in [2.45, 2.75) is 0 Å². The minimum Gasteiger partial charge on any atom is -0.551 e. The summed E-state index contributed by atoms with van der Waals surface area (Å²) >= 11 is 0. The smallest absolute Gasteiger partial charge is 0.434 e. The molecule has 3 heterocycles. The third-order valence-corrected chi connectivity index (χ3v) is 10.7. The van der Waals surface area contributed by atoms with Crippen molar-refractivity contribution in [2.75, 3.05) is 0 Å². The third kappa shape index (κ3) is 4.41. The predicted molar refractivity (Wildman–Crippen MR) is 215 cm³/mol. The van der Waals surface area contributed by atoms with E-state index < -0.39 is 0 Å². The van der Waals surface area contributed by atoms with E-state index in [9.17, 15) is 0 Å². The van der Waals surface area contributed by atoms with Gasteiger partial charge in [-0.3, -0.25) is 0 Å². The Morgan fingerprint density at radius 1 is 0.385 bits per heavy atom. The summed E-state index contributed by atoms with van der Waals surface area (Å²) in [5.74, 6) is 2.55. The van der Waals surface area contributed by atoms with E-state index in [1.165, 1.54) is 38.5 Å². The van der Waals surface area contributed by atoms with Crippen LogP contribution in [-0.2, 0) is 0 Å². The lowest BCUT2D eigenvalue weighted by Gasteiger charge is -2.33. The maximum absolute atomic E-state index is 7.07.